The van der Waals surface area contributed by atoms with Crippen molar-refractivity contribution in [2.75, 3.05) is 11.9 Å². The fourth-order valence-corrected chi connectivity index (χ4v) is 5.01. The number of benzene rings is 3. The highest BCUT2D eigenvalue weighted by Gasteiger charge is 2.31. The Morgan fingerprint density at radius 1 is 1.11 bits per heavy atom. The Morgan fingerprint density at radius 3 is 2.61 bits per heavy atom. The molecule has 3 aromatic rings. The van der Waals surface area contributed by atoms with Crippen molar-refractivity contribution >= 4 is 60.3 Å². The average molecular weight is 622 g/mol. The second kappa shape index (κ2) is 13.4. The van der Waals surface area contributed by atoms with Crippen LogP contribution in [0.15, 0.2) is 75.7 Å². The standard InChI is InChI=1S/C26H26Br2N2O6/c1-2-35-22(12-5-6-13-23(31)30-34)25(19-14-17(27)15-20(28)24(19)32)36-26(33)29-21-11-7-9-16-8-3-4-10-18(16)21/h3-4,6-11,13-15,22,25,32,34H,2,5,12H2,1H3,(H,29,33)(H,30,31)/b13-6+/t22-,25-/m1/s1. The van der Waals surface area contributed by atoms with Gasteiger partial charge in [0.15, 0.2) is 6.10 Å². The van der Waals surface area contributed by atoms with Gasteiger partial charge >= 0.3 is 6.09 Å². The molecule has 2 atom stereocenters. The molecule has 0 aliphatic rings. The molecule has 190 valence electrons. The predicted octanol–water partition coefficient (Wildman–Crippen LogP) is 6.61. The van der Waals surface area contributed by atoms with Crippen molar-refractivity contribution in [3.63, 3.8) is 0 Å². The Bertz CT molecular complexity index is 1250. The monoisotopic (exact) mass is 620 g/mol. The molecule has 0 aliphatic carbocycles. The summed E-state index contributed by atoms with van der Waals surface area (Å²) in [5.74, 6) is -0.736. The highest BCUT2D eigenvalue weighted by Crippen LogP contribution is 2.40. The van der Waals surface area contributed by atoms with Gasteiger partial charge in [-0.15, -0.1) is 0 Å². The first-order chi connectivity index (χ1) is 17.3. The van der Waals surface area contributed by atoms with Crippen molar-refractivity contribution in [1.82, 2.24) is 5.48 Å². The minimum atomic E-state index is -0.978. The van der Waals surface area contributed by atoms with E-state index in [0.717, 1.165) is 10.8 Å². The van der Waals surface area contributed by atoms with Crippen LogP contribution in [0.25, 0.3) is 10.8 Å². The topological polar surface area (TPSA) is 117 Å². The molecule has 0 aromatic heterocycles. The number of hydrogen-bond acceptors (Lipinski definition) is 6. The molecule has 0 saturated carbocycles. The Labute approximate surface area is 225 Å². The minimum absolute atomic E-state index is 0.0823. The lowest BCUT2D eigenvalue weighted by atomic mass is 9.99. The van der Waals surface area contributed by atoms with Gasteiger partial charge in [-0.1, -0.05) is 58.4 Å². The number of ether oxygens (including phenoxy) is 2. The van der Waals surface area contributed by atoms with Gasteiger partial charge in [0, 0.05) is 28.1 Å². The van der Waals surface area contributed by atoms with Gasteiger partial charge in [0.05, 0.1) is 16.3 Å². The van der Waals surface area contributed by atoms with Crippen molar-refractivity contribution in [2.24, 2.45) is 0 Å². The highest BCUT2D eigenvalue weighted by atomic mass is 79.9. The molecule has 3 rings (SSSR count). The van der Waals surface area contributed by atoms with E-state index in [1.54, 1.807) is 24.3 Å². The van der Waals surface area contributed by atoms with Crippen molar-refractivity contribution in [3.8, 4) is 5.75 Å². The molecule has 0 spiro atoms. The van der Waals surface area contributed by atoms with Crippen molar-refractivity contribution in [2.45, 2.75) is 32.0 Å². The first-order valence-electron chi connectivity index (χ1n) is 11.2. The van der Waals surface area contributed by atoms with Crippen molar-refractivity contribution in [1.29, 1.82) is 0 Å². The number of rotatable bonds is 10. The van der Waals surface area contributed by atoms with Crippen molar-refractivity contribution < 1.29 is 29.4 Å². The molecule has 4 N–H and O–H groups in total. The van der Waals surface area contributed by atoms with E-state index in [0.29, 0.717) is 39.6 Å². The summed E-state index contributed by atoms with van der Waals surface area (Å²) >= 11 is 6.75. The average Bonchev–Trinajstić information content (AvgIpc) is 2.87. The van der Waals surface area contributed by atoms with E-state index in [9.17, 15) is 14.7 Å². The Kier molecular flexibility index (Phi) is 10.3. The molecular weight excluding hydrogens is 596 g/mol. The number of anilines is 1. The third kappa shape index (κ3) is 7.30. The van der Waals surface area contributed by atoms with Crippen LogP contribution in [0.3, 0.4) is 0 Å². The summed E-state index contributed by atoms with van der Waals surface area (Å²) in [6, 6.07) is 16.6. The van der Waals surface area contributed by atoms with Gasteiger partial charge in [-0.25, -0.2) is 10.3 Å². The number of phenolic OH excluding ortho intramolecular Hbond substituents is 1. The van der Waals surface area contributed by atoms with Crippen LogP contribution < -0.4 is 10.8 Å². The lowest BCUT2D eigenvalue weighted by Gasteiger charge is -2.28. The fourth-order valence-electron chi connectivity index (χ4n) is 3.76. The largest absolute Gasteiger partial charge is 0.506 e. The van der Waals surface area contributed by atoms with Gasteiger partial charge < -0.3 is 14.6 Å². The van der Waals surface area contributed by atoms with E-state index < -0.39 is 24.2 Å². The van der Waals surface area contributed by atoms with Gasteiger partial charge in [-0.3, -0.25) is 15.3 Å². The number of carbonyl (C=O) groups is 2. The lowest BCUT2D eigenvalue weighted by Crippen LogP contribution is -2.29. The van der Waals surface area contributed by atoms with Crippen LogP contribution >= 0.6 is 31.9 Å². The van der Waals surface area contributed by atoms with Gasteiger partial charge in [0.1, 0.15) is 5.75 Å². The van der Waals surface area contributed by atoms with Gasteiger partial charge in [0.2, 0.25) is 0 Å². The van der Waals surface area contributed by atoms with E-state index in [1.165, 1.54) is 11.6 Å². The number of amides is 2. The summed E-state index contributed by atoms with van der Waals surface area (Å²) in [5, 5.41) is 24.1. The van der Waals surface area contributed by atoms with Crippen LogP contribution in [-0.2, 0) is 14.3 Å². The number of hydrogen-bond donors (Lipinski definition) is 4. The predicted molar refractivity (Wildman–Crippen MR) is 144 cm³/mol. The minimum Gasteiger partial charge on any atom is -0.506 e. The molecule has 3 aromatic carbocycles. The zero-order valence-electron chi connectivity index (χ0n) is 19.4. The zero-order chi connectivity index (χ0) is 26.1. The molecule has 8 nitrogen and oxygen atoms in total. The summed E-state index contributed by atoms with van der Waals surface area (Å²) in [7, 11) is 0. The number of carbonyl (C=O) groups excluding carboxylic acids is 2. The lowest BCUT2D eigenvalue weighted by molar-refractivity contribution is -0.124. The van der Waals surface area contributed by atoms with Crippen molar-refractivity contribution in [3.05, 3.63) is 81.3 Å². The normalized spacial score (nSPS) is 12.9. The van der Waals surface area contributed by atoms with E-state index in [1.807, 2.05) is 43.3 Å². The molecule has 0 radical (unpaired) electrons. The van der Waals surface area contributed by atoms with Gasteiger partial charge in [-0.2, -0.15) is 0 Å². The Balaban J connectivity index is 1.90. The second-order valence-corrected chi connectivity index (χ2v) is 9.52. The quantitative estimate of drug-likeness (QED) is 0.115. The van der Waals surface area contributed by atoms with Gasteiger partial charge in [0.25, 0.3) is 5.91 Å². The van der Waals surface area contributed by atoms with Gasteiger partial charge in [-0.05, 0) is 59.3 Å². The summed E-state index contributed by atoms with van der Waals surface area (Å²) in [6.45, 7) is 2.14. The number of phenols is 1. The van der Waals surface area contributed by atoms with Crippen LogP contribution in [0, 0.1) is 0 Å². The summed E-state index contributed by atoms with van der Waals surface area (Å²) in [4.78, 5) is 24.4. The summed E-state index contributed by atoms with van der Waals surface area (Å²) < 4.78 is 12.9. The highest BCUT2D eigenvalue weighted by molar-refractivity contribution is 9.11. The van der Waals surface area contributed by atoms with Crippen LogP contribution in [0.5, 0.6) is 5.75 Å². The van der Waals surface area contributed by atoms with Crippen LogP contribution in [0.2, 0.25) is 0 Å². The van der Waals surface area contributed by atoms with E-state index >= 15 is 0 Å². The zero-order valence-corrected chi connectivity index (χ0v) is 22.6. The molecule has 0 bridgehead atoms. The molecule has 0 fully saturated rings. The summed E-state index contributed by atoms with van der Waals surface area (Å²) in [5.41, 5.74) is 2.46. The molecule has 0 heterocycles. The number of allylic oxidation sites excluding steroid dienone is 1. The third-order valence-corrected chi connectivity index (χ3v) is 6.40. The summed E-state index contributed by atoms with van der Waals surface area (Å²) in [6.07, 6.45) is 1.17. The second-order valence-electron chi connectivity index (χ2n) is 7.75. The SMILES string of the molecule is CCO[C@H](CC/C=C/C(=O)NO)[C@H](OC(=O)Nc1cccc2ccccc12)c1cc(Br)cc(Br)c1O. The first-order valence-corrected chi connectivity index (χ1v) is 12.8. The Hall–Kier alpha value is -2.92. The molecule has 0 saturated heterocycles. The van der Waals surface area contributed by atoms with E-state index in [2.05, 4.69) is 37.2 Å². The maximum absolute atomic E-state index is 13.1. The maximum Gasteiger partial charge on any atom is 0.412 e. The first kappa shape index (κ1) is 27.7. The molecular formula is C26H26Br2N2O6. The molecule has 0 unspecified atom stereocenters. The smallest absolute Gasteiger partial charge is 0.412 e. The molecule has 0 aliphatic heterocycles. The number of nitrogens with one attached hydrogen (secondary N) is 2. The van der Waals surface area contributed by atoms with E-state index in [-0.39, 0.29) is 5.75 Å². The number of aromatic hydroxyl groups is 1. The van der Waals surface area contributed by atoms with Crippen LogP contribution in [0.1, 0.15) is 31.4 Å². The fraction of sp³-hybridized carbons (Fsp3) is 0.231. The molecule has 10 heteroatoms. The molecule has 36 heavy (non-hydrogen) atoms. The van der Waals surface area contributed by atoms with Crippen LogP contribution in [0.4, 0.5) is 10.5 Å². The van der Waals surface area contributed by atoms with Crippen LogP contribution in [-0.4, -0.2) is 35.0 Å². The maximum atomic E-state index is 13.1. The van der Waals surface area contributed by atoms with E-state index in [4.69, 9.17) is 14.7 Å². The molecule has 2 amide bonds. The third-order valence-electron chi connectivity index (χ3n) is 5.34. The Morgan fingerprint density at radius 2 is 1.86 bits per heavy atom. The number of fused-ring (bicyclic) bond motifs is 1. The number of halogens is 2. The number of hydroxylamine groups is 1.